The highest BCUT2D eigenvalue weighted by Gasteiger charge is 2.57. The van der Waals surface area contributed by atoms with Gasteiger partial charge in [-0.3, -0.25) is 4.98 Å². The first-order chi connectivity index (χ1) is 9.62. The summed E-state index contributed by atoms with van der Waals surface area (Å²) in [6.45, 7) is 2.26. The Labute approximate surface area is 119 Å². The van der Waals surface area contributed by atoms with Gasteiger partial charge < -0.3 is 10.1 Å². The number of halogens is 5. The molecule has 0 aliphatic rings. The van der Waals surface area contributed by atoms with E-state index in [9.17, 15) is 22.0 Å². The van der Waals surface area contributed by atoms with Crippen LogP contribution in [0.5, 0.6) is 0 Å². The lowest BCUT2D eigenvalue weighted by Gasteiger charge is -2.19. The summed E-state index contributed by atoms with van der Waals surface area (Å²) in [7, 11) is 0. The predicted molar refractivity (Wildman–Crippen MR) is 66.9 cm³/mol. The zero-order valence-corrected chi connectivity index (χ0v) is 11.7. The lowest BCUT2D eigenvalue weighted by atomic mass is 10.3. The molecule has 0 unspecified atom stereocenters. The summed E-state index contributed by atoms with van der Waals surface area (Å²) in [6.07, 6.45) is -5.61. The van der Waals surface area contributed by atoms with Gasteiger partial charge in [0.2, 0.25) is 0 Å². The van der Waals surface area contributed by atoms with Crippen molar-refractivity contribution < 1.29 is 26.7 Å². The summed E-state index contributed by atoms with van der Waals surface area (Å²) < 4.78 is 65.6. The molecule has 0 aliphatic carbocycles. The van der Waals surface area contributed by atoms with Gasteiger partial charge in [0.25, 0.3) is 0 Å². The monoisotopic (exact) mass is 312 g/mol. The van der Waals surface area contributed by atoms with E-state index in [4.69, 9.17) is 0 Å². The largest absolute Gasteiger partial charge is 0.455 e. The Hall–Kier alpha value is -1.28. The maximum atomic E-state index is 12.6. The van der Waals surface area contributed by atoms with E-state index in [1.807, 2.05) is 13.8 Å². The maximum absolute atomic E-state index is 12.6. The van der Waals surface area contributed by atoms with E-state index in [-0.39, 0.29) is 6.04 Å². The molecule has 1 aromatic heterocycles. The van der Waals surface area contributed by atoms with Crippen LogP contribution < -0.4 is 5.32 Å². The van der Waals surface area contributed by atoms with E-state index >= 15 is 0 Å². The summed E-state index contributed by atoms with van der Waals surface area (Å²) in [5.41, 5.74) is 0.961. The van der Waals surface area contributed by atoms with Crippen molar-refractivity contribution in [1.29, 1.82) is 0 Å². The van der Waals surface area contributed by atoms with Gasteiger partial charge in [0.1, 0.15) is 6.61 Å². The molecular formula is C13H17F5N2O. The van der Waals surface area contributed by atoms with Crippen molar-refractivity contribution in [3.63, 3.8) is 0 Å². The fraction of sp³-hybridized carbons (Fsp3) is 0.615. The lowest BCUT2D eigenvalue weighted by molar-refractivity contribution is -0.297. The van der Waals surface area contributed by atoms with Crippen LogP contribution >= 0.6 is 0 Å². The van der Waals surface area contributed by atoms with Gasteiger partial charge in [-0.2, -0.15) is 22.0 Å². The topological polar surface area (TPSA) is 34.1 Å². The van der Waals surface area contributed by atoms with Crippen molar-refractivity contribution >= 4 is 0 Å². The highest BCUT2D eigenvalue weighted by molar-refractivity contribution is 5.10. The Morgan fingerprint density at radius 3 is 2.33 bits per heavy atom. The number of pyridine rings is 1. The van der Waals surface area contributed by atoms with Gasteiger partial charge in [0.05, 0.1) is 18.0 Å². The number of nitrogens with one attached hydrogen (secondary N) is 1. The lowest BCUT2D eigenvalue weighted by Crippen LogP contribution is -2.40. The van der Waals surface area contributed by atoms with Gasteiger partial charge in [-0.1, -0.05) is 19.9 Å². The second kappa shape index (κ2) is 7.13. The molecule has 0 amide bonds. The third-order valence-corrected chi connectivity index (χ3v) is 2.50. The fourth-order valence-corrected chi connectivity index (χ4v) is 1.38. The van der Waals surface area contributed by atoms with Gasteiger partial charge in [0.15, 0.2) is 0 Å². The van der Waals surface area contributed by atoms with Crippen LogP contribution in [-0.2, 0) is 17.9 Å². The second-order valence-corrected chi connectivity index (χ2v) is 4.85. The van der Waals surface area contributed by atoms with E-state index < -0.39 is 25.3 Å². The number of alkyl halides is 5. The molecule has 0 spiro atoms. The van der Waals surface area contributed by atoms with Gasteiger partial charge >= 0.3 is 12.1 Å². The van der Waals surface area contributed by atoms with Crippen molar-refractivity contribution in [2.45, 2.75) is 45.1 Å². The molecule has 0 aromatic carbocycles. The van der Waals surface area contributed by atoms with Crippen molar-refractivity contribution in [2.24, 2.45) is 0 Å². The number of ether oxygens (including phenoxy) is 1. The van der Waals surface area contributed by atoms with Crippen LogP contribution in [0, 0.1) is 0 Å². The molecule has 0 aliphatic heterocycles. The van der Waals surface area contributed by atoms with Crippen molar-refractivity contribution in [1.82, 2.24) is 10.3 Å². The SMILES string of the molecule is CC(C)NCc1cccc(COCC(F)(F)C(F)(F)F)n1. The average Bonchev–Trinajstić information content (AvgIpc) is 2.35. The second-order valence-electron chi connectivity index (χ2n) is 4.85. The fourth-order valence-electron chi connectivity index (χ4n) is 1.38. The number of hydrogen-bond donors (Lipinski definition) is 1. The van der Waals surface area contributed by atoms with Gasteiger partial charge in [-0.15, -0.1) is 0 Å². The number of hydrogen-bond acceptors (Lipinski definition) is 3. The van der Waals surface area contributed by atoms with Crippen LogP contribution in [0.3, 0.4) is 0 Å². The van der Waals surface area contributed by atoms with Gasteiger partial charge in [-0.05, 0) is 12.1 Å². The van der Waals surface area contributed by atoms with Gasteiger partial charge in [-0.25, -0.2) is 0 Å². The van der Waals surface area contributed by atoms with Crippen LogP contribution in [-0.4, -0.2) is 29.7 Å². The third kappa shape index (κ3) is 5.92. The normalized spacial score (nSPS) is 13.0. The molecule has 1 aromatic rings. The number of aromatic nitrogens is 1. The highest BCUT2D eigenvalue weighted by Crippen LogP contribution is 2.35. The van der Waals surface area contributed by atoms with Gasteiger partial charge in [0, 0.05) is 12.6 Å². The zero-order valence-electron chi connectivity index (χ0n) is 11.7. The molecule has 1 heterocycles. The standard InChI is InChI=1S/C13H17F5N2O/c1-9(2)19-6-10-4-3-5-11(20-10)7-21-8-12(14,15)13(16,17)18/h3-5,9,19H,6-8H2,1-2H3. The predicted octanol–water partition coefficient (Wildman–Crippen LogP) is 3.29. The first-order valence-electron chi connectivity index (χ1n) is 6.32. The quantitative estimate of drug-likeness (QED) is 0.785. The number of rotatable bonds is 7. The summed E-state index contributed by atoms with van der Waals surface area (Å²) in [5, 5.41) is 3.12. The van der Waals surface area contributed by atoms with Crippen LogP contribution in [0.4, 0.5) is 22.0 Å². The minimum absolute atomic E-state index is 0.247. The summed E-state index contributed by atoms with van der Waals surface area (Å²) in [5.74, 6) is -4.86. The molecule has 120 valence electrons. The van der Waals surface area contributed by atoms with Crippen LogP contribution in [0.15, 0.2) is 18.2 Å². The maximum Gasteiger partial charge on any atom is 0.455 e. The smallest absolute Gasteiger partial charge is 0.369 e. The van der Waals surface area contributed by atoms with Crippen LogP contribution in [0.2, 0.25) is 0 Å². The molecule has 0 fully saturated rings. The van der Waals surface area contributed by atoms with Crippen molar-refractivity contribution in [3.8, 4) is 0 Å². The molecule has 1 rings (SSSR count). The molecule has 0 saturated heterocycles. The summed E-state index contributed by atoms with van der Waals surface area (Å²) in [4.78, 5) is 4.11. The minimum atomic E-state index is -5.61. The average molecular weight is 312 g/mol. The van der Waals surface area contributed by atoms with Crippen molar-refractivity contribution in [3.05, 3.63) is 29.6 Å². The molecule has 8 heteroatoms. The molecule has 0 bridgehead atoms. The Balaban J connectivity index is 2.51. The Kier molecular flexibility index (Phi) is 6.03. The Morgan fingerprint density at radius 1 is 1.14 bits per heavy atom. The molecule has 1 N–H and O–H groups in total. The third-order valence-electron chi connectivity index (χ3n) is 2.50. The highest BCUT2D eigenvalue weighted by atomic mass is 19.4. The zero-order chi connectivity index (χ0) is 16.1. The van der Waals surface area contributed by atoms with E-state index in [0.717, 1.165) is 0 Å². The van der Waals surface area contributed by atoms with Crippen molar-refractivity contribution in [2.75, 3.05) is 6.61 Å². The first-order valence-corrected chi connectivity index (χ1v) is 6.32. The van der Waals surface area contributed by atoms with Crippen LogP contribution in [0.25, 0.3) is 0 Å². The molecule has 0 radical (unpaired) electrons. The van der Waals surface area contributed by atoms with E-state index in [0.29, 0.717) is 17.9 Å². The molecular weight excluding hydrogens is 295 g/mol. The van der Waals surface area contributed by atoms with E-state index in [2.05, 4.69) is 15.0 Å². The first kappa shape index (κ1) is 17.8. The Bertz CT molecular complexity index is 448. The molecule has 3 nitrogen and oxygen atoms in total. The molecule has 0 atom stereocenters. The molecule has 21 heavy (non-hydrogen) atoms. The van der Waals surface area contributed by atoms with Crippen LogP contribution in [0.1, 0.15) is 25.2 Å². The molecule has 0 saturated carbocycles. The summed E-state index contributed by atoms with van der Waals surface area (Å²) in [6, 6.07) is 5.12. The van der Waals surface area contributed by atoms with E-state index in [1.165, 1.54) is 6.07 Å². The Morgan fingerprint density at radius 2 is 1.76 bits per heavy atom. The summed E-state index contributed by atoms with van der Waals surface area (Å²) >= 11 is 0. The number of nitrogens with zero attached hydrogens (tertiary/aromatic N) is 1. The van der Waals surface area contributed by atoms with E-state index in [1.54, 1.807) is 12.1 Å². The minimum Gasteiger partial charge on any atom is -0.369 e.